The normalized spacial score (nSPS) is 17.1. The van der Waals surface area contributed by atoms with Gasteiger partial charge in [0, 0.05) is 12.5 Å². The summed E-state index contributed by atoms with van der Waals surface area (Å²) in [6.45, 7) is 15.4. The van der Waals surface area contributed by atoms with Gasteiger partial charge in [0.15, 0.2) is 16.6 Å². The SMILES string of the molecule is CC(C)[Si](CCC(F)(F)C(F)(F)C(F)(F)C(F)(F)C(F)(F)C(F)(F)C(F)(F)C(F)(F)F)(O[C@H](/C=C/C(=O)O)[C@H](C)O[Si](C)(C)C(C)(C)C)C(C)C. The molecule has 0 aliphatic carbocycles. The van der Waals surface area contributed by atoms with Crippen LogP contribution in [0.2, 0.25) is 35.3 Å². The summed E-state index contributed by atoms with van der Waals surface area (Å²) in [5, 5.41) is 8.71. The van der Waals surface area contributed by atoms with Gasteiger partial charge in [-0.15, -0.1) is 0 Å². The largest absolute Gasteiger partial charge is 0.478 e. The van der Waals surface area contributed by atoms with Gasteiger partial charge in [-0.25, -0.2) is 4.79 Å². The van der Waals surface area contributed by atoms with Crippen LogP contribution in [0.4, 0.5) is 74.6 Å². The molecular weight excluding hydrogens is 779 g/mol. The lowest BCUT2D eigenvalue weighted by Crippen LogP contribution is -2.74. The van der Waals surface area contributed by atoms with Crippen LogP contribution in [0.5, 0.6) is 0 Å². The molecule has 0 amide bonds. The number of carboxylic acids is 1. The summed E-state index contributed by atoms with van der Waals surface area (Å²) >= 11 is 0. The highest BCUT2D eigenvalue weighted by Gasteiger charge is 2.95. The van der Waals surface area contributed by atoms with Crippen LogP contribution in [0.1, 0.15) is 61.8 Å². The van der Waals surface area contributed by atoms with Gasteiger partial charge in [-0.1, -0.05) is 48.5 Å². The Hall–Kier alpha value is -1.63. The minimum Gasteiger partial charge on any atom is -0.478 e. The Balaban J connectivity index is 7.10. The van der Waals surface area contributed by atoms with E-state index in [9.17, 15) is 75.8 Å². The van der Waals surface area contributed by atoms with E-state index in [0.717, 1.165) is 6.08 Å². The van der Waals surface area contributed by atoms with Crippen molar-refractivity contribution < 1.29 is 93.4 Å². The molecule has 0 aromatic carbocycles. The second-order valence-electron chi connectivity index (χ2n) is 14.3. The average molecular weight is 821 g/mol. The first-order valence-electron chi connectivity index (χ1n) is 15.0. The van der Waals surface area contributed by atoms with Gasteiger partial charge in [-0.3, -0.25) is 0 Å². The predicted molar refractivity (Wildman–Crippen MR) is 155 cm³/mol. The lowest BCUT2D eigenvalue weighted by molar-refractivity contribution is -0.461. The third kappa shape index (κ3) is 8.86. The van der Waals surface area contributed by atoms with Crippen LogP contribution in [-0.4, -0.2) is 87.6 Å². The molecule has 4 nitrogen and oxygen atoms in total. The Morgan fingerprint density at radius 2 is 0.980 bits per heavy atom. The third-order valence-corrected chi connectivity index (χ3v) is 19.3. The molecule has 0 spiro atoms. The lowest BCUT2D eigenvalue weighted by Gasteiger charge is -2.46. The van der Waals surface area contributed by atoms with E-state index in [4.69, 9.17) is 8.85 Å². The fourth-order valence-corrected chi connectivity index (χ4v) is 10.8. The number of rotatable bonds is 18. The van der Waals surface area contributed by atoms with E-state index in [0.29, 0.717) is 6.08 Å². The Labute approximate surface area is 285 Å². The van der Waals surface area contributed by atoms with Gasteiger partial charge in [0.05, 0.1) is 12.2 Å². The van der Waals surface area contributed by atoms with Gasteiger partial charge >= 0.3 is 53.6 Å². The van der Waals surface area contributed by atoms with E-state index in [1.165, 1.54) is 34.6 Å². The average Bonchev–Trinajstić information content (AvgIpc) is 2.89. The maximum atomic E-state index is 15.0. The zero-order valence-corrected chi connectivity index (χ0v) is 31.0. The van der Waals surface area contributed by atoms with Crippen molar-refractivity contribution in [2.24, 2.45) is 0 Å². The lowest BCUT2D eigenvalue weighted by atomic mass is 9.88. The monoisotopic (exact) mass is 820 g/mol. The first kappa shape index (κ1) is 49.4. The predicted octanol–water partition coefficient (Wildman–Crippen LogP) is 11.6. The first-order valence-corrected chi connectivity index (χ1v) is 20.2. The molecule has 0 radical (unpaired) electrons. The molecule has 1 N–H and O–H groups in total. The molecule has 304 valence electrons. The van der Waals surface area contributed by atoms with E-state index < -0.39 is 111 Å². The Morgan fingerprint density at radius 1 is 0.627 bits per heavy atom. The fourth-order valence-electron chi connectivity index (χ4n) is 4.71. The van der Waals surface area contributed by atoms with Crippen molar-refractivity contribution in [3.63, 3.8) is 0 Å². The molecule has 0 aromatic heterocycles. The Morgan fingerprint density at radius 3 is 1.29 bits per heavy atom. The summed E-state index contributed by atoms with van der Waals surface area (Å²) in [6.07, 6.45) is -11.6. The topological polar surface area (TPSA) is 55.8 Å². The van der Waals surface area contributed by atoms with E-state index in [1.54, 1.807) is 33.9 Å². The molecule has 0 heterocycles. The molecule has 0 bridgehead atoms. The highest BCUT2D eigenvalue weighted by Crippen LogP contribution is 2.64. The van der Waals surface area contributed by atoms with Crippen LogP contribution in [0.25, 0.3) is 0 Å². The van der Waals surface area contributed by atoms with Crippen molar-refractivity contribution in [2.75, 3.05) is 0 Å². The van der Waals surface area contributed by atoms with Crippen LogP contribution in [0.15, 0.2) is 12.2 Å². The van der Waals surface area contributed by atoms with Crippen LogP contribution in [0, 0.1) is 0 Å². The molecule has 23 heteroatoms. The van der Waals surface area contributed by atoms with Gasteiger partial charge < -0.3 is 14.0 Å². The maximum Gasteiger partial charge on any atom is 0.460 e. The molecule has 0 saturated carbocycles. The van der Waals surface area contributed by atoms with Crippen molar-refractivity contribution in [1.82, 2.24) is 0 Å². The molecule has 2 atom stereocenters. The number of hydrogen-bond donors (Lipinski definition) is 1. The van der Waals surface area contributed by atoms with Crippen molar-refractivity contribution in [3.8, 4) is 0 Å². The van der Waals surface area contributed by atoms with E-state index in [1.807, 2.05) is 0 Å². The molecule has 51 heavy (non-hydrogen) atoms. The van der Waals surface area contributed by atoms with Gasteiger partial charge in [-0.05, 0) is 48.3 Å². The number of halogens is 17. The number of alkyl halides is 17. The Bertz CT molecular complexity index is 1220. The second-order valence-corrected chi connectivity index (χ2v) is 24.0. The summed E-state index contributed by atoms with van der Waals surface area (Å²) < 4.78 is 248. The smallest absolute Gasteiger partial charge is 0.460 e. The van der Waals surface area contributed by atoms with Gasteiger partial charge in [0.1, 0.15) is 0 Å². The molecular formula is C28H41F17O4Si2. The van der Waals surface area contributed by atoms with Crippen molar-refractivity contribution >= 4 is 22.6 Å². The highest BCUT2D eigenvalue weighted by molar-refractivity contribution is 6.76. The number of hydrogen-bond acceptors (Lipinski definition) is 3. The second kappa shape index (κ2) is 14.9. The minimum absolute atomic E-state index is 0.475. The zero-order valence-electron chi connectivity index (χ0n) is 29.0. The summed E-state index contributed by atoms with van der Waals surface area (Å²) in [7, 11) is -6.95. The number of carboxylic acid groups (broad SMARTS) is 1. The van der Waals surface area contributed by atoms with Crippen molar-refractivity contribution in [1.29, 1.82) is 0 Å². The van der Waals surface area contributed by atoms with Crippen LogP contribution >= 0.6 is 0 Å². The summed E-state index contributed by atoms with van der Waals surface area (Å²) in [6, 6.07) is -1.41. The fraction of sp³-hybridized carbons (Fsp3) is 0.893. The zero-order chi connectivity index (χ0) is 41.6. The molecule has 0 saturated heterocycles. The quantitative estimate of drug-likeness (QED) is 0.0850. The highest BCUT2D eigenvalue weighted by atomic mass is 28.4. The van der Waals surface area contributed by atoms with E-state index in [-0.39, 0.29) is 0 Å². The minimum atomic E-state index is -8.70. The number of carbonyl (C=O) groups is 1. The van der Waals surface area contributed by atoms with Crippen molar-refractivity contribution in [3.05, 3.63) is 12.2 Å². The standard InChI is InChI=1S/C28H41F17O4Si2/c1-15(2)51(16(3)4,49-18(11-12-19(46)47)17(5)48-50(9,10)20(6,7)8)14-13-21(29,30)22(31,32)23(33,34)24(35,36)25(37,38)26(39,40)27(41,42)28(43,44)45/h11-12,15-18H,13-14H2,1-10H3,(H,46,47)/b12-11+/t17-,18+/m0/s1. The van der Waals surface area contributed by atoms with Crippen molar-refractivity contribution in [2.45, 2.75) is 157 Å². The first-order chi connectivity index (χ1) is 22.0. The van der Waals surface area contributed by atoms with Crippen LogP contribution in [-0.2, 0) is 13.6 Å². The van der Waals surface area contributed by atoms with Crippen LogP contribution in [0.3, 0.4) is 0 Å². The maximum absolute atomic E-state index is 15.0. The molecule has 0 aliphatic heterocycles. The summed E-state index contributed by atoms with van der Waals surface area (Å²) in [5.74, 6) is -58.5. The number of aliphatic carboxylic acids is 1. The molecule has 0 rings (SSSR count). The summed E-state index contributed by atoms with van der Waals surface area (Å²) in [4.78, 5) is 11.3. The molecule has 0 aliphatic rings. The summed E-state index contributed by atoms with van der Waals surface area (Å²) in [5.41, 5.74) is -1.95. The third-order valence-electron chi connectivity index (χ3n) is 9.10. The molecule has 0 aromatic rings. The van der Waals surface area contributed by atoms with E-state index in [2.05, 4.69) is 0 Å². The van der Waals surface area contributed by atoms with Gasteiger partial charge in [-0.2, -0.15) is 74.6 Å². The van der Waals surface area contributed by atoms with E-state index >= 15 is 8.78 Å². The van der Waals surface area contributed by atoms with Gasteiger partial charge in [0.2, 0.25) is 0 Å². The molecule has 0 unspecified atom stereocenters. The van der Waals surface area contributed by atoms with Crippen LogP contribution < -0.4 is 0 Å². The molecule has 0 fully saturated rings. The van der Waals surface area contributed by atoms with Gasteiger partial charge in [0.25, 0.3) is 0 Å². The Kier molecular flexibility index (Phi) is 14.4.